The summed E-state index contributed by atoms with van der Waals surface area (Å²) in [7, 11) is 0. The molecule has 1 aromatic carbocycles. The van der Waals surface area contributed by atoms with Crippen molar-refractivity contribution in [2.75, 3.05) is 25.0 Å². The standard InChI is InChI=1S/C32H42N6O5S/c1-19-17-37(31(41)43-32(2,3)4)10-11-38(19)23-12-21(13-23)29(40)36-30-35-24-9-8-20(14-27(24)44-30)22-15-33-28(34-16-22)18-42-26-7-5-6-25(26)39/h8-9,14-16,19,21,23,25-26,39H,5-7,10-13,17-18H2,1-4H3,(H,35,36,40)/t19-,21-,23+,25-,26-/m0/s1. The molecule has 0 bridgehead atoms. The molecule has 3 aliphatic rings. The van der Waals surface area contributed by atoms with Crippen molar-refractivity contribution in [2.45, 2.75) is 96.3 Å². The molecule has 1 saturated heterocycles. The first-order chi connectivity index (χ1) is 21.0. The number of hydrogen-bond acceptors (Lipinski definition) is 10. The SMILES string of the molecule is C[C@H]1CN(C(=O)OC(C)(C)C)CCN1[C@H]1C[C@@H](C(=O)Nc2nc3ccc(-c4cnc(CO[C@H]5CCC[C@@H]5O)nc4)cc3s2)C1. The molecule has 3 aromatic rings. The third-order valence-corrected chi connectivity index (χ3v) is 9.72. The largest absolute Gasteiger partial charge is 0.444 e. The van der Waals surface area contributed by atoms with Crippen LogP contribution in [0.25, 0.3) is 21.3 Å². The molecular weight excluding hydrogens is 580 g/mol. The van der Waals surface area contributed by atoms with Crippen LogP contribution in [-0.2, 0) is 20.9 Å². The Labute approximate surface area is 262 Å². The molecule has 11 nitrogen and oxygen atoms in total. The van der Waals surface area contributed by atoms with Gasteiger partial charge >= 0.3 is 6.09 Å². The van der Waals surface area contributed by atoms with Gasteiger partial charge in [0.15, 0.2) is 11.0 Å². The number of carbonyl (C=O) groups is 2. The average molecular weight is 623 g/mol. The second kappa shape index (κ2) is 12.7. The zero-order valence-electron chi connectivity index (χ0n) is 25.9. The van der Waals surface area contributed by atoms with E-state index < -0.39 is 11.7 Å². The van der Waals surface area contributed by atoms with Crippen LogP contribution < -0.4 is 5.32 Å². The molecule has 3 fully saturated rings. The minimum atomic E-state index is -0.504. The Bertz CT molecular complexity index is 1480. The number of aliphatic hydroxyl groups is 1. The van der Waals surface area contributed by atoms with Crippen LogP contribution in [0.3, 0.4) is 0 Å². The number of ether oxygens (including phenoxy) is 2. The Morgan fingerprint density at radius 2 is 1.89 bits per heavy atom. The summed E-state index contributed by atoms with van der Waals surface area (Å²) in [4.78, 5) is 43.3. The van der Waals surface area contributed by atoms with E-state index in [1.54, 1.807) is 17.3 Å². The normalized spacial score (nSPS) is 26.0. The number of hydrogen-bond donors (Lipinski definition) is 2. The number of thiazole rings is 1. The van der Waals surface area contributed by atoms with Crippen molar-refractivity contribution >= 4 is 38.7 Å². The molecule has 6 rings (SSSR count). The minimum Gasteiger partial charge on any atom is -0.444 e. The number of benzene rings is 1. The Morgan fingerprint density at radius 1 is 1.11 bits per heavy atom. The quantitative estimate of drug-likeness (QED) is 0.380. The van der Waals surface area contributed by atoms with Gasteiger partial charge < -0.3 is 24.8 Å². The van der Waals surface area contributed by atoms with E-state index in [2.05, 4.69) is 32.1 Å². The third-order valence-electron chi connectivity index (χ3n) is 8.78. The third kappa shape index (κ3) is 7.03. The number of piperazine rings is 1. The van der Waals surface area contributed by atoms with Crippen LogP contribution in [0.15, 0.2) is 30.6 Å². The van der Waals surface area contributed by atoms with Crippen molar-refractivity contribution in [3.8, 4) is 11.1 Å². The van der Waals surface area contributed by atoms with Crippen LogP contribution in [0.4, 0.5) is 9.93 Å². The minimum absolute atomic E-state index is 0.0110. The lowest BCUT2D eigenvalue weighted by molar-refractivity contribution is -0.125. The first kappa shape index (κ1) is 30.8. The number of aliphatic hydroxyl groups excluding tert-OH is 1. The van der Waals surface area contributed by atoms with Crippen molar-refractivity contribution in [2.24, 2.45) is 5.92 Å². The van der Waals surface area contributed by atoms with E-state index in [0.29, 0.717) is 30.1 Å². The molecule has 3 atom stereocenters. The van der Waals surface area contributed by atoms with Gasteiger partial charge in [-0.1, -0.05) is 17.4 Å². The summed E-state index contributed by atoms with van der Waals surface area (Å²) in [5.74, 6) is 0.555. The van der Waals surface area contributed by atoms with Crippen LogP contribution in [-0.4, -0.2) is 91.4 Å². The number of rotatable bonds is 7. The second-order valence-corrected chi connectivity index (χ2v) is 14.3. The number of nitrogens with zero attached hydrogens (tertiary/aromatic N) is 5. The van der Waals surface area contributed by atoms with Crippen LogP contribution in [0.5, 0.6) is 0 Å². The van der Waals surface area contributed by atoms with Gasteiger partial charge in [0.25, 0.3) is 0 Å². The summed E-state index contributed by atoms with van der Waals surface area (Å²) >= 11 is 1.46. The summed E-state index contributed by atoms with van der Waals surface area (Å²) in [5.41, 5.74) is 2.19. The zero-order chi connectivity index (χ0) is 31.0. The maximum absolute atomic E-state index is 13.1. The lowest BCUT2D eigenvalue weighted by Crippen LogP contribution is -2.60. The van der Waals surface area contributed by atoms with E-state index in [1.807, 2.05) is 39.0 Å². The number of aromatic nitrogens is 3. The predicted octanol–water partition coefficient (Wildman–Crippen LogP) is 4.84. The maximum Gasteiger partial charge on any atom is 0.410 e. The van der Waals surface area contributed by atoms with Crippen molar-refractivity contribution in [3.05, 3.63) is 36.4 Å². The van der Waals surface area contributed by atoms with E-state index in [4.69, 9.17) is 9.47 Å². The number of amides is 2. The van der Waals surface area contributed by atoms with Crippen LogP contribution >= 0.6 is 11.3 Å². The Morgan fingerprint density at radius 3 is 2.57 bits per heavy atom. The van der Waals surface area contributed by atoms with Crippen LogP contribution in [0.1, 0.15) is 65.6 Å². The number of anilines is 1. The molecule has 2 aromatic heterocycles. The molecule has 236 valence electrons. The van der Waals surface area contributed by atoms with Gasteiger partial charge in [-0.25, -0.2) is 19.7 Å². The molecule has 1 aliphatic heterocycles. The smallest absolute Gasteiger partial charge is 0.410 e. The van der Waals surface area contributed by atoms with Crippen molar-refractivity contribution in [1.29, 1.82) is 0 Å². The molecule has 2 N–H and O–H groups in total. The summed E-state index contributed by atoms with van der Waals surface area (Å²) in [6.07, 6.45) is 7.02. The zero-order valence-corrected chi connectivity index (χ0v) is 26.7. The first-order valence-electron chi connectivity index (χ1n) is 15.6. The Balaban J connectivity index is 0.991. The second-order valence-electron chi connectivity index (χ2n) is 13.3. The lowest BCUT2D eigenvalue weighted by Gasteiger charge is -2.49. The molecule has 2 saturated carbocycles. The monoisotopic (exact) mass is 622 g/mol. The average Bonchev–Trinajstić information content (AvgIpc) is 3.55. The molecule has 12 heteroatoms. The summed E-state index contributed by atoms with van der Waals surface area (Å²) < 4.78 is 12.3. The number of nitrogens with one attached hydrogen (secondary N) is 1. The topological polar surface area (TPSA) is 130 Å². The Hall–Kier alpha value is -3.19. The molecule has 0 unspecified atom stereocenters. The summed E-state index contributed by atoms with van der Waals surface area (Å²) in [6.45, 7) is 10.1. The fourth-order valence-corrected chi connectivity index (χ4v) is 7.21. The fourth-order valence-electron chi connectivity index (χ4n) is 6.31. The van der Waals surface area contributed by atoms with E-state index in [-0.39, 0.29) is 36.7 Å². The van der Waals surface area contributed by atoms with E-state index in [0.717, 1.165) is 60.0 Å². The highest BCUT2D eigenvalue weighted by atomic mass is 32.1. The highest BCUT2D eigenvalue weighted by molar-refractivity contribution is 7.22. The van der Waals surface area contributed by atoms with Gasteiger partial charge in [-0.15, -0.1) is 0 Å². The highest BCUT2D eigenvalue weighted by Gasteiger charge is 2.42. The molecule has 0 radical (unpaired) electrons. The van der Waals surface area contributed by atoms with Gasteiger partial charge in [0.1, 0.15) is 12.2 Å². The van der Waals surface area contributed by atoms with Gasteiger partial charge in [0.2, 0.25) is 5.91 Å². The first-order valence-corrected chi connectivity index (χ1v) is 16.4. The fraction of sp³-hybridized carbons (Fsp3) is 0.594. The van der Waals surface area contributed by atoms with E-state index in [9.17, 15) is 14.7 Å². The van der Waals surface area contributed by atoms with Gasteiger partial charge in [-0.2, -0.15) is 0 Å². The van der Waals surface area contributed by atoms with Crippen molar-refractivity contribution in [1.82, 2.24) is 24.8 Å². The molecule has 2 aliphatic carbocycles. The molecule has 44 heavy (non-hydrogen) atoms. The predicted molar refractivity (Wildman–Crippen MR) is 168 cm³/mol. The summed E-state index contributed by atoms with van der Waals surface area (Å²) in [5, 5.41) is 13.6. The molecule has 2 amide bonds. The lowest BCUT2D eigenvalue weighted by atomic mass is 9.78. The maximum atomic E-state index is 13.1. The van der Waals surface area contributed by atoms with Gasteiger partial charge in [-0.05, 0) is 77.5 Å². The Kier molecular flexibility index (Phi) is 8.87. The molecular formula is C32H42N6O5S. The highest BCUT2D eigenvalue weighted by Crippen LogP contribution is 2.36. The van der Waals surface area contributed by atoms with E-state index in [1.165, 1.54) is 11.3 Å². The number of carbonyl (C=O) groups excluding carboxylic acids is 2. The number of fused-ring (bicyclic) bond motifs is 1. The van der Waals surface area contributed by atoms with Gasteiger partial charge in [0, 0.05) is 55.6 Å². The summed E-state index contributed by atoms with van der Waals surface area (Å²) in [6, 6.07) is 6.54. The molecule has 0 spiro atoms. The van der Waals surface area contributed by atoms with Crippen LogP contribution in [0, 0.1) is 5.92 Å². The van der Waals surface area contributed by atoms with Crippen molar-refractivity contribution < 1.29 is 24.2 Å². The van der Waals surface area contributed by atoms with Crippen LogP contribution in [0.2, 0.25) is 0 Å². The van der Waals surface area contributed by atoms with Crippen molar-refractivity contribution in [3.63, 3.8) is 0 Å². The van der Waals surface area contributed by atoms with Gasteiger partial charge in [-0.3, -0.25) is 9.69 Å². The molecule has 3 heterocycles. The van der Waals surface area contributed by atoms with Gasteiger partial charge in [0.05, 0.1) is 22.4 Å². The van der Waals surface area contributed by atoms with E-state index >= 15 is 0 Å².